The van der Waals surface area contributed by atoms with Gasteiger partial charge in [0.2, 0.25) is 11.8 Å². The van der Waals surface area contributed by atoms with Crippen LogP contribution in [0.1, 0.15) is 44.2 Å². The lowest BCUT2D eigenvalue weighted by Gasteiger charge is -2.36. The van der Waals surface area contributed by atoms with Crippen LogP contribution in [0.4, 0.5) is 5.69 Å². The molecule has 1 saturated carbocycles. The summed E-state index contributed by atoms with van der Waals surface area (Å²) < 4.78 is 6.27. The van der Waals surface area contributed by atoms with Gasteiger partial charge in [-0.3, -0.25) is 9.79 Å². The number of amides is 1. The van der Waals surface area contributed by atoms with Crippen molar-refractivity contribution in [3.05, 3.63) is 52.8 Å². The number of aromatic nitrogens is 1. The summed E-state index contributed by atoms with van der Waals surface area (Å²) in [5.74, 6) is 1.09. The Kier molecular flexibility index (Phi) is 5.77. The number of carbonyl (C=O) groups is 1. The zero-order valence-electron chi connectivity index (χ0n) is 17.1. The Hall–Kier alpha value is -2.86. The molecule has 1 amide bonds. The fourth-order valence-electron chi connectivity index (χ4n) is 3.77. The van der Waals surface area contributed by atoms with Crippen molar-refractivity contribution >= 4 is 35.0 Å². The van der Waals surface area contributed by atoms with Crippen molar-refractivity contribution < 1.29 is 9.53 Å². The van der Waals surface area contributed by atoms with Crippen LogP contribution < -0.4 is 15.4 Å². The molecule has 2 heterocycles. The topological polar surface area (TPSA) is 80.8 Å². The first-order valence-electron chi connectivity index (χ1n) is 10.2. The number of allylic oxidation sites excluding steroid dienone is 1. The van der Waals surface area contributed by atoms with Crippen molar-refractivity contribution in [3.63, 3.8) is 0 Å². The maximum Gasteiger partial charge on any atom is 0.224 e. The molecule has 0 saturated heterocycles. The molecule has 1 unspecified atom stereocenters. The Balaban J connectivity index is 1.83. The maximum absolute atomic E-state index is 12.3. The maximum atomic E-state index is 12.3. The molecule has 1 aromatic carbocycles. The smallest absolute Gasteiger partial charge is 0.224 e. The van der Waals surface area contributed by atoms with E-state index in [2.05, 4.69) is 16.9 Å². The van der Waals surface area contributed by atoms with Crippen molar-refractivity contribution in [2.75, 3.05) is 4.90 Å². The van der Waals surface area contributed by atoms with Crippen molar-refractivity contribution in [2.24, 2.45) is 10.7 Å². The van der Waals surface area contributed by atoms with Gasteiger partial charge in [0.15, 0.2) is 0 Å². The minimum absolute atomic E-state index is 0.0108. The normalized spacial score (nSPS) is 19.1. The molecule has 1 aliphatic heterocycles. The molecule has 1 atom stereocenters. The molecular formula is C23H25ClN4O2. The molecule has 6 nitrogen and oxygen atoms in total. The van der Waals surface area contributed by atoms with Crippen LogP contribution in [0.15, 0.2) is 41.7 Å². The summed E-state index contributed by atoms with van der Waals surface area (Å²) in [4.78, 5) is 23.0. The number of benzene rings is 1. The highest BCUT2D eigenvalue weighted by atomic mass is 35.5. The van der Waals surface area contributed by atoms with E-state index in [1.807, 2.05) is 23.2 Å². The first-order valence-corrected chi connectivity index (χ1v) is 10.6. The van der Waals surface area contributed by atoms with Gasteiger partial charge in [-0.2, -0.15) is 0 Å². The van der Waals surface area contributed by atoms with Gasteiger partial charge in [-0.1, -0.05) is 11.6 Å². The van der Waals surface area contributed by atoms with Gasteiger partial charge in [0.1, 0.15) is 5.75 Å². The average molecular weight is 425 g/mol. The summed E-state index contributed by atoms with van der Waals surface area (Å²) in [6.07, 6.45) is 8.76. The molecule has 4 rings (SSSR count). The van der Waals surface area contributed by atoms with Gasteiger partial charge in [0.05, 0.1) is 16.8 Å². The number of halogens is 1. The number of pyridine rings is 1. The third-order valence-corrected chi connectivity index (χ3v) is 5.68. The van der Waals surface area contributed by atoms with Gasteiger partial charge in [-0.15, -0.1) is 0 Å². The number of nitrogens with zero attached hydrogens (tertiary/aromatic N) is 3. The largest absolute Gasteiger partial charge is 0.438 e. The van der Waals surface area contributed by atoms with E-state index in [0.717, 1.165) is 48.1 Å². The quantitative estimate of drug-likeness (QED) is 0.702. The highest BCUT2D eigenvalue weighted by molar-refractivity contribution is 6.30. The van der Waals surface area contributed by atoms with Crippen molar-refractivity contribution in [1.29, 1.82) is 0 Å². The number of hydrogen-bond donors (Lipinski definition) is 1. The Morgan fingerprint density at radius 1 is 1.30 bits per heavy atom. The molecule has 1 fully saturated rings. The molecule has 7 heteroatoms. The zero-order valence-corrected chi connectivity index (χ0v) is 17.9. The minimum atomic E-state index is 0.0108. The third-order valence-electron chi connectivity index (χ3n) is 5.46. The molecule has 0 radical (unpaired) electrons. The summed E-state index contributed by atoms with van der Waals surface area (Å²) in [6.45, 7) is 3.65. The predicted octanol–water partition coefficient (Wildman–Crippen LogP) is 4.75. The standard InChI is InChI=1S/C23H25ClN4O2/c1-14-3-7-20-21(28(14)15(2)29)9-8-19(16(11-25)12-26-18-5-6-18)23(20)30-22-10-4-17(24)13-27-22/h4,8-14,18H,3,5-7,25H2,1-2H3. The van der Waals surface area contributed by atoms with E-state index in [9.17, 15) is 4.79 Å². The number of aliphatic imine (C=N–C) groups is 1. The predicted molar refractivity (Wildman–Crippen MR) is 120 cm³/mol. The van der Waals surface area contributed by atoms with Crippen molar-refractivity contribution in [2.45, 2.75) is 51.6 Å². The molecule has 0 spiro atoms. The Morgan fingerprint density at radius 3 is 2.73 bits per heavy atom. The van der Waals surface area contributed by atoms with E-state index in [4.69, 9.17) is 22.1 Å². The SMILES string of the molecule is CC(=O)N1c2ccc(C(C=NC3CC3)=CN)c(Oc3ccc(Cl)cn3)c2CCC1C. The third kappa shape index (κ3) is 4.19. The second-order valence-electron chi connectivity index (χ2n) is 7.76. The summed E-state index contributed by atoms with van der Waals surface area (Å²) in [6, 6.07) is 7.88. The zero-order chi connectivity index (χ0) is 21.3. The second-order valence-corrected chi connectivity index (χ2v) is 8.20. The van der Waals surface area contributed by atoms with Crippen molar-refractivity contribution in [1.82, 2.24) is 4.98 Å². The van der Waals surface area contributed by atoms with Crippen LogP contribution in [-0.2, 0) is 11.2 Å². The van der Waals surface area contributed by atoms with Crippen LogP contribution in [-0.4, -0.2) is 29.2 Å². The van der Waals surface area contributed by atoms with Crippen molar-refractivity contribution in [3.8, 4) is 11.6 Å². The Morgan fingerprint density at radius 2 is 2.10 bits per heavy atom. The van der Waals surface area contributed by atoms with Gasteiger partial charge in [0, 0.05) is 54.3 Å². The monoisotopic (exact) mass is 424 g/mol. The van der Waals surface area contributed by atoms with Crippen LogP contribution in [0.25, 0.3) is 5.57 Å². The Bertz CT molecular complexity index is 1010. The fourth-order valence-corrected chi connectivity index (χ4v) is 3.88. The summed E-state index contributed by atoms with van der Waals surface area (Å²) >= 11 is 5.98. The highest BCUT2D eigenvalue weighted by Gasteiger charge is 2.30. The van der Waals surface area contributed by atoms with E-state index >= 15 is 0 Å². The Labute approximate surface area is 181 Å². The van der Waals surface area contributed by atoms with Crippen LogP contribution in [0.2, 0.25) is 5.02 Å². The van der Waals surface area contributed by atoms with Gasteiger partial charge in [-0.05, 0) is 50.8 Å². The first kappa shape index (κ1) is 20.4. The summed E-state index contributed by atoms with van der Waals surface area (Å²) in [5.41, 5.74) is 9.40. The minimum Gasteiger partial charge on any atom is -0.438 e. The number of rotatable bonds is 5. The lowest BCUT2D eigenvalue weighted by atomic mass is 9.92. The van der Waals surface area contributed by atoms with E-state index in [1.54, 1.807) is 31.5 Å². The number of hydrogen-bond acceptors (Lipinski definition) is 5. The number of carbonyl (C=O) groups excluding carboxylic acids is 1. The molecular weight excluding hydrogens is 400 g/mol. The summed E-state index contributed by atoms with van der Waals surface area (Å²) in [7, 11) is 0. The van der Waals surface area contributed by atoms with Crippen LogP contribution >= 0.6 is 11.6 Å². The van der Waals surface area contributed by atoms with E-state index in [0.29, 0.717) is 22.7 Å². The molecule has 2 aliphatic rings. The molecule has 156 valence electrons. The molecule has 1 aromatic heterocycles. The number of anilines is 1. The van der Waals surface area contributed by atoms with E-state index in [-0.39, 0.29) is 11.9 Å². The van der Waals surface area contributed by atoms with Gasteiger partial charge >= 0.3 is 0 Å². The van der Waals surface area contributed by atoms with E-state index in [1.165, 1.54) is 0 Å². The fraction of sp³-hybridized carbons (Fsp3) is 0.348. The highest BCUT2D eigenvalue weighted by Crippen LogP contribution is 2.42. The van der Waals surface area contributed by atoms with Gasteiger partial charge in [-0.25, -0.2) is 4.98 Å². The average Bonchev–Trinajstić information content (AvgIpc) is 3.55. The molecule has 1 aliphatic carbocycles. The lowest BCUT2D eigenvalue weighted by molar-refractivity contribution is -0.117. The van der Waals surface area contributed by atoms with Gasteiger partial charge in [0.25, 0.3) is 0 Å². The molecule has 2 aromatic rings. The second kappa shape index (κ2) is 8.48. The first-order chi connectivity index (χ1) is 14.5. The number of fused-ring (bicyclic) bond motifs is 1. The lowest BCUT2D eigenvalue weighted by Crippen LogP contribution is -2.40. The van der Waals surface area contributed by atoms with E-state index < -0.39 is 0 Å². The molecule has 2 N–H and O–H groups in total. The number of nitrogens with two attached hydrogens (primary N) is 1. The van der Waals surface area contributed by atoms with Crippen LogP contribution in [0.3, 0.4) is 0 Å². The number of ether oxygens (including phenoxy) is 1. The summed E-state index contributed by atoms with van der Waals surface area (Å²) in [5, 5.41) is 0.536. The van der Waals surface area contributed by atoms with Crippen LogP contribution in [0.5, 0.6) is 11.6 Å². The van der Waals surface area contributed by atoms with Crippen LogP contribution in [0, 0.1) is 0 Å². The molecule has 30 heavy (non-hydrogen) atoms. The van der Waals surface area contributed by atoms with Gasteiger partial charge < -0.3 is 15.4 Å². The molecule has 0 bridgehead atoms.